The largest absolute Gasteiger partial charge is 1.00 e. The molecule has 1 aliphatic rings. The summed E-state index contributed by atoms with van der Waals surface area (Å²) in [4.78, 5) is 0. The number of fused-ring (bicyclic) bond motifs is 1. The fraction of sp³-hybridized carbons (Fsp3) is 0.417. The van der Waals surface area contributed by atoms with Crippen LogP contribution in [0, 0.1) is 0 Å². The smallest absolute Gasteiger partial charge is 1.00 e. The summed E-state index contributed by atoms with van der Waals surface area (Å²) in [6, 6.07) is 20.6. The van der Waals surface area contributed by atoms with Gasteiger partial charge in [-0.25, -0.2) is 0 Å². The Labute approximate surface area is 196 Å². The minimum absolute atomic E-state index is 0. The predicted octanol–water partition coefficient (Wildman–Crippen LogP) is 0.772. The van der Waals surface area contributed by atoms with Gasteiger partial charge < -0.3 is 24.8 Å². The van der Waals surface area contributed by atoms with Gasteiger partial charge >= 0.3 is 173 Å². The Kier molecular flexibility index (Phi) is 10.4. The fourth-order valence-corrected chi connectivity index (χ4v) is 18.7. The molecule has 2 aromatic rings. The zero-order valence-electron chi connectivity index (χ0n) is 18.4. The molecule has 5 heteroatoms. The Morgan fingerprint density at radius 2 is 1.55 bits per heavy atom. The molecule has 1 N–H and O–H groups in total. The molecule has 0 radical (unpaired) electrons. The van der Waals surface area contributed by atoms with Gasteiger partial charge in [0, 0.05) is 0 Å². The van der Waals surface area contributed by atoms with Crippen molar-refractivity contribution < 1.29 is 41.7 Å². The summed E-state index contributed by atoms with van der Waals surface area (Å²) < 4.78 is 4.87. The van der Waals surface area contributed by atoms with Crippen LogP contribution in [0.2, 0.25) is 12.1 Å². The van der Waals surface area contributed by atoms with Gasteiger partial charge in [-0.2, -0.15) is 0 Å². The molecular formula is C24H33Cl2NSiTi. The first-order valence-corrected chi connectivity index (χ1v) is 16.2. The second kappa shape index (κ2) is 11.3. The third-order valence-electron chi connectivity index (χ3n) is 5.40. The van der Waals surface area contributed by atoms with Crippen LogP contribution in [-0.4, -0.2) is 11.7 Å². The molecule has 0 amide bonds. The second-order valence-electron chi connectivity index (χ2n) is 8.60. The van der Waals surface area contributed by atoms with Gasteiger partial charge in [0.05, 0.1) is 0 Å². The number of hydrogen-bond donors (Lipinski definition) is 1. The molecule has 29 heavy (non-hydrogen) atoms. The van der Waals surface area contributed by atoms with E-state index in [4.69, 9.17) is 0 Å². The molecule has 0 saturated carbocycles. The first-order chi connectivity index (χ1) is 12.9. The molecule has 0 spiro atoms. The van der Waals surface area contributed by atoms with Crippen LogP contribution in [0.3, 0.4) is 0 Å². The number of halogens is 2. The summed E-state index contributed by atoms with van der Waals surface area (Å²) in [5, 5.41) is 0. The Morgan fingerprint density at radius 1 is 0.931 bits per heavy atom. The molecule has 0 aliphatic heterocycles. The topological polar surface area (TPSA) is 12.0 Å². The number of benzene rings is 2. The summed E-state index contributed by atoms with van der Waals surface area (Å²) in [6.07, 6.45) is 2.18. The average molecular weight is 482 g/mol. The summed E-state index contributed by atoms with van der Waals surface area (Å²) in [5.74, 6) is 0. The van der Waals surface area contributed by atoms with Crippen LogP contribution >= 0.6 is 0 Å². The standard InChI is InChI=1S/C16H13.C4H10N.C4H10Si.2ClH.Ti/c1-12-10-14-8-5-9-15(16(14)11-12)13-6-3-2-4-7-13;1-4(2,3)5;1-3-5-4-2;;;/h2-11H,1H3;5H,1-3H3;3-4H2,1-2H3;2*1H;/q;-1;;;;+3/p-2. The molecule has 0 saturated heterocycles. The van der Waals surface area contributed by atoms with Crippen LogP contribution in [0.25, 0.3) is 17.2 Å². The van der Waals surface area contributed by atoms with E-state index in [0.29, 0.717) is 4.22 Å². The van der Waals surface area contributed by atoms with E-state index in [1.54, 1.807) is 11.1 Å². The Hall–Kier alpha value is -0.349. The van der Waals surface area contributed by atoms with Crippen molar-refractivity contribution in [3.63, 3.8) is 0 Å². The van der Waals surface area contributed by atoms with Crippen molar-refractivity contribution in [2.45, 2.75) is 63.4 Å². The van der Waals surface area contributed by atoms with Crippen LogP contribution in [-0.2, 0) is 16.9 Å². The van der Waals surface area contributed by atoms with E-state index in [9.17, 15) is 0 Å². The Balaban J connectivity index is 0.00000210. The van der Waals surface area contributed by atoms with Gasteiger partial charge in [-0.05, 0) is 0 Å². The third kappa shape index (κ3) is 6.09. The maximum atomic E-state index is 4.20. The third-order valence-corrected chi connectivity index (χ3v) is 20.1. The molecule has 0 aromatic heterocycles. The van der Waals surface area contributed by atoms with Gasteiger partial charge in [-0.15, -0.1) is 0 Å². The van der Waals surface area contributed by atoms with E-state index in [-0.39, 0.29) is 36.5 Å². The van der Waals surface area contributed by atoms with Gasteiger partial charge in [0.1, 0.15) is 0 Å². The number of hydrogen-bond acceptors (Lipinski definition) is 1. The molecule has 1 atom stereocenters. The SMILES string of the molecule is CC[Si](CC)=[Ti+2]([NH]C(C)(C)C)[CH]1C(C)=Cc2c(-c3ccccc3)cccc21.[Cl-].[Cl-]. The van der Waals surface area contributed by atoms with E-state index in [0.717, 1.165) is 0 Å². The van der Waals surface area contributed by atoms with Crippen molar-refractivity contribution in [2.24, 2.45) is 0 Å². The fourth-order valence-electron chi connectivity index (χ4n) is 4.20. The summed E-state index contributed by atoms with van der Waals surface area (Å²) >= 11 is -1.50. The van der Waals surface area contributed by atoms with Crippen LogP contribution < -0.4 is 28.6 Å². The van der Waals surface area contributed by atoms with Gasteiger partial charge in [-0.3, -0.25) is 0 Å². The molecule has 156 valence electrons. The van der Waals surface area contributed by atoms with Crippen LogP contribution in [0.4, 0.5) is 0 Å². The predicted molar refractivity (Wildman–Crippen MR) is 118 cm³/mol. The first kappa shape index (κ1) is 26.7. The molecule has 1 aliphatic carbocycles. The maximum absolute atomic E-state index is 4.20. The van der Waals surface area contributed by atoms with Crippen LogP contribution in [0.5, 0.6) is 0 Å². The number of rotatable bonds is 5. The summed E-state index contributed by atoms with van der Waals surface area (Å²) in [6.45, 7) is 14.3. The van der Waals surface area contributed by atoms with Crippen LogP contribution in [0.1, 0.15) is 56.9 Å². The zero-order valence-corrected chi connectivity index (χ0v) is 22.5. The molecule has 0 fully saturated rings. The van der Waals surface area contributed by atoms with Gasteiger partial charge in [-0.1, -0.05) is 0 Å². The van der Waals surface area contributed by atoms with Crippen molar-refractivity contribution in [3.05, 3.63) is 65.2 Å². The molecule has 3 rings (SSSR count). The average Bonchev–Trinajstić information content (AvgIpc) is 2.97. The first-order valence-electron chi connectivity index (χ1n) is 10.2. The maximum Gasteiger partial charge on any atom is -1.00 e. The van der Waals surface area contributed by atoms with E-state index in [1.165, 1.54) is 28.8 Å². The van der Waals surface area contributed by atoms with Crippen LogP contribution in [0.15, 0.2) is 54.1 Å². The molecule has 1 unspecified atom stereocenters. The Morgan fingerprint density at radius 3 is 2.10 bits per heavy atom. The van der Waals surface area contributed by atoms with Gasteiger partial charge in [0.2, 0.25) is 0 Å². The van der Waals surface area contributed by atoms with E-state index >= 15 is 0 Å². The molecular weight excluding hydrogens is 449 g/mol. The number of nitrogens with one attached hydrogen (secondary N) is 1. The van der Waals surface area contributed by atoms with Gasteiger partial charge in [0.25, 0.3) is 0 Å². The normalized spacial score (nSPS) is 14.7. The second-order valence-corrected chi connectivity index (χ2v) is 19.3. The molecule has 0 heterocycles. The van der Waals surface area contributed by atoms with E-state index < -0.39 is 16.9 Å². The number of allylic oxidation sites excluding steroid dienone is 1. The summed E-state index contributed by atoms with van der Waals surface area (Å²) in [7, 11) is 0. The van der Waals surface area contributed by atoms with Crippen molar-refractivity contribution in [3.8, 4) is 11.1 Å². The van der Waals surface area contributed by atoms with Crippen molar-refractivity contribution >= 4 is 12.3 Å². The molecule has 0 bridgehead atoms. The van der Waals surface area contributed by atoms with Crippen molar-refractivity contribution in [1.82, 2.24) is 3.80 Å². The van der Waals surface area contributed by atoms with Crippen molar-refractivity contribution in [1.29, 1.82) is 0 Å². The monoisotopic (exact) mass is 481 g/mol. The van der Waals surface area contributed by atoms with Gasteiger partial charge in [0.15, 0.2) is 0 Å². The molecule has 1 nitrogen and oxygen atoms in total. The van der Waals surface area contributed by atoms with E-state index in [2.05, 4.69) is 99.9 Å². The minimum Gasteiger partial charge on any atom is -1.00 e. The molecule has 2 aromatic carbocycles. The van der Waals surface area contributed by atoms with Crippen molar-refractivity contribution in [2.75, 3.05) is 0 Å². The van der Waals surface area contributed by atoms with E-state index in [1.807, 2.05) is 0 Å². The quantitative estimate of drug-likeness (QED) is 0.622. The zero-order chi connectivity index (χ0) is 19.6. The Bertz CT molecular complexity index is 879. The summed E-state index contributed by atoms with van der Waals surface area (Å²) in [5.41, 5.74) is 7.58. The minimum atomic E-state index is -1.50.